The summed E-state index contributed by atoms with van der Waals surface area (Å²) in [4.78, 5) is 14.9. The number of azo groups is 1. The Morgan fingerprint density at radius 2 is 1.43 bits per heavy atom. The molecule has 0 aromatic heterocycles. The normalized spacial score (nSPS) is 12.5. The first-order valence-electron chi connectivity index (χ1n) is 12.7. The topological polar surface area (TPSA) is 57.1 Å². The maximum atomic E-state index is 12.5. The highest BCUT2D eigenvalue weighted by Gasteiger charge is 2.24. The van der Waals surface area contributed by atoms with Crippen LogP contribution in [0.15, 0.2) is 82.6 Å². The van der Waals surface area contributed by atoms with Gasteiger partial charge in [-0.05, 0) is 95.6 Å². The van der Waals surface area contributed by atoms with E-state index in [9.17, 15) is 4.79 Å². The smallest absolute Gasteiger partial charge is 0.279 e. The predicted octanol–water partition coefficient (Wildman–Crippen LogP) is 7.27. The number of benzene rings is 2. The molecule has 0 aliphatic heterocycles. The summed E-state index contributed by atoms with van der Waals surface area (Å²) in [6.45, 7) is 17.8. The Morgan fingerprint density at radius 1 is 0.886 bits per heavy atom. The second-order valence-electron chi connectivity index (χ2n) is 8.64. The Balaban J connectivity index is 1.99. The molecule has 2 aromatic carbocycles. The minimum Gasteiger partial charge on any atom is -0.367 e. The van der Waals surface area contributed by atoms with Crippen LogP contribution in [0.3, 0.4) is 0 Å². The fourth-order valence-electron chi connectivity index (χ4n) is 4.03. The van der Waals surface area contributed by atoms with Gasteiger partial charge in [-0.25, -0.2) is 0 Å². The lowest BCUT2D eigenvalue weighted by Gasteiger charge is -2.34. The van der Waals surface area contributed by atoms with Crippen LogP contribution in [0, 0.1) is 0 Å². The Hall–Kier alpha value is -3.25. The number of hydrogen-bond donors (Lipinski definition) is 1. The molecular formula is C29H42N5O+. The molecule has 0 saturated heterocycles. The van der Waals surface area contributed by atoms with Crippen LogP contribution in [0.1, 0.15) is 41.5 Å². The van der Waals surface area contributed by atoms with E-state index in [2.05, 4.69) is 85.4 Å². The Kier molecular flexibility index (Phi) is 11.4. The van der Waals surface area contributed by atoms with Gasteiger partial charge in [0.2, 0.25) is 0 Å². The Bertz CT molecular complexity index is 994. The molecular weight excluding hydrogens is 434 g/mol. The lowest BCUT2D eigenvalue weighted by atomic mass is 10.2. The lowest BCUT2D eigenvalue weighted by molar-refractivity contribution is -0.915. The van der Waals surface area contributed by atoms with Crippen molar-refractivity contribution in [3.63, 3.8) is 0 Å². The maximum absolute atomic E-state index is 12.5. The maximum Gasteiger partial charge on any atom is 0.279 e. The van der Waals surface area contributed by atoms with Crippen molar-refractivity contribution in [2.24, 2.45) is 10.2 Å². The third-order valence-electron chi connectivity index (χ3n) is 6.65. The second kappa shape index (κ2) is 14.2. The van der Waals surface area contributed by atoms with Gasteiger partial charge >= 0.3 is 0 Å². The van der Waals surface area contributed by atoms with Crippen molar-refractivity contribution in [1.82, 2.24) is 0 Å². The summed E-state index contributed by atoms with van der Waals surface area (Å²) in [5.74, 6) is 0.0402. The van der Waals surface area contributed by atoms with Crippen LogP contribution in [0.4, 0.5) is 22.7 Å². The van der Waals surface area contributed by atoms with E-state index >= 15 is 0 Å². The van der Waals surface area contributed by atoms with Gasteiger partial charge in [0, 0.05) is 24.5 Å². The molecule has 0 fully saturated rings. The third kappa shape index (κ3) is 8.48. The van der Waals surface area contributed by atoms with Crippen molar-refractivity contribution >= 4 is 28.7 Å². The fraction of sp³-hybridized carbons (Fsp3) is 0.414. The van der Waals surface area contributed by atoms with Gasteiger partial charge in [0.1, 0.15) is 0 Å². The van der Waals surface area contributed by atoms with E-state index in [1.165, 1.54) is 5.57 Å². The number of anilines is 2. The molecule has 6 heteroatoms. The first-order chi connectivity index (χ1) is 16.9. The van der Waals surface area contributed by atoms with E-state index in [1.807, 2.05) is 43.3 Å². The van der Waals surface area contributed by atoms with Crippen molar-refractivity contribution < 1.29 is 9.28 Å². The van der Waals surface area contributed by atoms with Crippen molar-refractivity contribution in [2.75, 3.05) is 49.5 Å². The number of rotatable bonds is 13. The van der Waals surface area contributed by atoms with Crippen molar-refractivity contribution in [1.29, 1.82) is 0 Å². The van der Waals surface area contributed by atoms with Crippen LogP contribution in [-0.4, -0.2) is 49.7 Å². The molecule has 188 valence electrons. The molecule has 0 spiro atoms. The largest absolute Gasteiger partial charge is 0.367 e. The summed E-state index contributed by atoms with van der Waals surface area (Å²) < 4.78 is 0.791. The molecule has 2 rings (SSSR count). The van der Waals surface area contributed by atoms with Gasteiger partial charge in [-0.15, -0.1) is 0 Å². The van der Waals surface area contributed by atoms with Crippen molar-refractivity contribution in [3.8, 4) is 0 Å². The molecule has 0 aliphatic carbocycles. The number of carbonyl (C=O) groups excluding carboxylic acids is 1. The van der Waals surface area contributed by atoms with E-state index in [4.69, 9.17) is 0 Å². The quantitative estimate of drug-likeness (QED) is 0.188. The van der Waals surface area contributed by atoms with Crippen LogP contribution < -0.4 is 10.2 Å². The first kappa shape index (κ1) is 28.0. The molecule has 0 heterocycles. The second-order valence-corrected chi connectivity index (χ2v) is 8.64. The summed E-state index contributed by atoms with van der Waals surface area (Å²) >= 11 is 0. The highest BCUT2D eigenvalue weighted by molar-refractivity contribution is 5.91. The molecule has 2 aromatic rings. The average molecular weight is 477 g/mol. The molecule has 0 bridgehead atoms. The zero-order valence-electron chi connectivity index (χ0n) is 22.3. The van der Waals surface area contributed by atoms with Gasteiger partial charge in [-0.2, -0.15) is 10.2 Å². The highest BCUT2D eigenvalue weighted by atomic mass is 16.2. The Morgan fingerprint density at radius 3 is 1.89 bits per heavy atom. The zero-order valence-corrected chi connectivity index (χ0v) is 22.3. The number of hydrogen-bond acceptors (Lipinski definition) is 4. The van der Waals surface area contributed by atoms with Crippen molar-refractivity contribution in [3.05, 3.63) is 72.3 Å². The van der Waals surface area contributed by atoms with Gasteiger partial charge in [0.15, 0.2) is 6.54 Å². The molecule has 0 saturated carbocycles. The average Bonchev–Trinajstić information content (AvgIpc) is 2.89. The minimum atomic E-state index is 0.0402. The molecule has 1 N–H and O–H groups in total. The molecule has 1 amide bonds. The van der Waals surface area contributed by atoms with Gasteiger partial charge in [0.25, 0.3) is 5.91 Å². The van der Waals surface area contributed by atoms with Gasteiger partial charge < -0.3 is 14.7 Å². The number of nitrogens with one attached hydrogen (secondary N) is 1. The minimum absolute atomic E-state index is 0.0402. The number of amides is 1. The Labute approximate surface area is 211 Å². The van der Waals surface area contributed by atoms with E-state index in [-0.39, 0.29) is 5.91 Å². The summed E-state index contributed by atoms with van der Waals surface area (Å²) in [5, 5.41) is 11.7. The molecule has 35 heavy (non-hydrogen) atoms. The monoisotopic (exact) mass is 476 g/mol. The van der Waals surface area contributed by atoms with Gasteiger partial charge in [-0.1, -0.05) is 18.2 Å². The number of allylic oxidation sites excluding steroid dienone is 2. The van der Waals surface area contributed by atoms with E-state index in [1.54, 1.807) is 0 Å². The zero-order chi connectivity index (χ0) is 25.7. The van der Waals surface area contributed by atoms with E-state index in [0.717, 1.165) is 60.0 Å². The predicted molar refractivity (Wildman–Crippen MR) is 149 cm³/mol. The highest BCUT2D eigenvalue weighted by Crippen LogP contribution is 2.24. The summed E-state index contributed by atoms with van der Waals surface area (Å²) in [7, 11) is 0. The van der Waals surface area contributed by atoms with Crippen LogP contribution in [0.5, 0.6) is 0 Å². The van der Waals surface area contributed by atoms with Crippen LogP contribution in [0.2, 0.25) is 0 Å². The SMILES string of the molecule is C/C=C\C(=C/C)CN(CC)c1ccc(N=Nc2ccc(NC(=O)C[N+](CC)(CC)CC)cc2)cc1. The van der Waals surface area contributed by atoms with Crippen LogP contribution in [0.25, 0.3) is 0 Å². The summed E-state index contributed by atoms with van der Waals surface area (Å²) in [6.07, 6.45) is 6.37. The molecule has 6 nitrogen and oxygen atoms in total. The standard InChI is InChI=1S/C29H41N5O/c1-7-13-24(8-2)22-33(9-3)28-20-18-27(19-21-28)32-31-26-16-14-25(15-17-26)30-29(35)23-34(10-4,11-5)12-6/h7-8,13-21H,9-12,22-23H2,1-6H3/p+1/b13-7-,24-8+. The number of quaternary nitrogens is 1. The summed E-state index contributed by atoms with van der Waals surface area (Å²) in [6, 6.07) is 15.6. The molecule has 0 unspecified atom stereocenters. The lowest BCUT2D eigenvalue weighted by Crippen LogP contribution is -2.51. The van der Waals surface area contributed by atoms with Crippen LogP contribution in [-0.2, 0) is 4.79 Å². The van der Waals surface area contributed by atoms with Crippen molar-refractivity contribution in [2.45, 2.75) is 41.5 Å². The molecule has 0 atom stereocenters. The fourth-order valence-corrected chi connectivity index (χ4v) is 4.03. The summed E-state index contributed by atoms with van der Waals surface area (Å²) in [5.41, 5.74) is 4.77. The molecule has 0 radical (unpaired) electrons. The molecule has 0 aliphatic rings. The van der Waals surface area contributed by atoms with E-state index in [0.29, 0.717) is 6.54 Å². The van der Waals surface area contributed by atoms with Gasteiger partial charge in [0.05, 0.1) is 31.0 Å². The number of carbonyl (C=O) groups is 1. The first-order valence-corrected chi connectivity index (χ1v) is 12.7. The number of likely N-dealkylation sites (N-methyl/N-ethyl adjacent to an activating group) is 2. The third-order valence-corrected chi connectivity index (χ3v) is 6.65. The van der Waals surface area contributed by atoms with Gasteiger partial charge in [-0.3, -0.25) is 4.79 Å². The van der Waals surface area contributed by atoms with Crippen LogP contribution >= 0.6 is 0 Å². The van der Waals surface area contributed by atoms with E-state index < -0.39 is 0 Å². The number of nitrogens with zero attached hydrogens (tertiary/aromatic N) is 4.